The van der Waals surface area contributed by atoms with Crippen molar-refractivity contribution in [3.8, 4) is 5.75 Å². The molecule has 0 saturated heterocycles. The van der Waals surface area contributed by atoms with Gasteiger partial charge in [0.2, 0.25) is 5.91 Å². The lowest BCUT2D eigenvalue weighted by Gasteiger charge is -2.06. The van der Waals surface area contributed by atoms with E-state index in [0.717, 1.165) is 0 Å². The Morgan fingerprint density at radius 2 is 1.62 bits per heavy atom. The number of carbonyl (C=O) groups excluding carboxylic acids is 3. The maximum atomic E-state index is 12.2. The third-order valence-electron chi connectivity index (χ3n) is 4.57. The predicted molar refractivity (Wildman–Crippen MR) is 134 cm³/mol. The number of esters is 1. The molecule has 3 aromatic carbocycles. The molecule has 3 aromatic rings. The molecule has 3 rings (SSSR count). The van der Waals surface area contributed by atoms with E-state index in [2.05, 4.69) is 31.8 Å². The van der Waals surface area contributed by atoms with E-state index in [1.807, 2.05) is 6.07 Å². The van der Waals surface area contributed by atoms with Crippen LogP contribution in [0.3, 0.4) is 0 Å². The van der Waals surface area contributed by atoms with Gasteiger partial charge in [-0.15, -0.1) is 0 Å². The number of benzene rings is 3. The largest absolute Gasteiger partial charge is 0.423 e. The lowest BCUT2D eigenvalue weighted by molar-refractivity contribution is -0.121. The first-order valence-corrected chi connectivity index (χ1v) is 11.5. The van der Waals surface area contributed by atoms with Crippen molar-refractivity contribution in [3.63, 3.8) is 0 Å². The van der Waals surface area contributed by atoms with Crippen molar-refractivity contribution in [2.24, 2.45) is 5.10 Å². The molecular formula is C25H21BrClN3O4. The first-order chi connectivity index (χ1) is 16.4. The summed E-state index contributed by atoms with van der Waals surface area (Å²) < 4.78 is 6.03. The molecule has 2 amide bonds. The van der Waals surface area contributed by atoms with Crippen LogP contribution < -0.4 is 15.5 Å². The van der Waals surface area contributed by atoms with Crippen molar-refractivity contribution in [2.45, 2.75) is 12.8 Å². The van der Waals surface area contributed by atoms with Crippen molar-refractivity contribution in [1.29, 1.82) is 0 Å². The van der Waals surface area contributed by atoms with Crippen LogP contribution in [0.2, 0.25) is 5.02 Å². The van der Waals surface area contributed by atoms with Crippen LogP contribution in [0.5, 0.6) is 5.75 Å². The minimum atomic E-state index is -0.549. The van der Waals surface area contributed by atoms with Crippen LogP contribution in [-0.4, -0.2) is 30.5 Å². The number of hydrogen-bond donors (Lipinski definition) is 2. The topological polar surface area (TPSA) is 96.9 Å². The third-order valence-corrected chi connectivity index (χ3v) is 5.59. The van der Waals surface area contributed by atoms with Crippen LogP contribution in [0, 0.1) is 0 Å². The van der Waals surface area contributed by atoms with Crippen molar-refractivity contribution >= 4 is 51.5 Å². The van der Waals surface area contributed by atoms with Crippen LogP contribution in [0.1, 0.15) is 39.1 Å². The Kier molecular flexibility index (Phi) is 9.37. The van der Waals surface area contributed by atoms with Gasteiger partial charge in [0.05, 0.1) is 22.4 Å². The van der Waals surface area contributed by atoms with Gasteiger partial charge < -0.3 is 10.1 Å². The average molecular weight is 543 g/mol. The highest BCUT2D eigenvalue weighted by Crippen LogP contribution is 2.19. The molecule has 0 saturated carbocycles. The van der Waals surface area contributed by atoms with Crippen LogP contribution in [0.4, 0.5) is 0 Å². The molecule has 0 fully saturated rings. The summed E-state index contributed by atoms with van der Waals surface area (Å²) in [7, 11) is 0. The second-order valence-corrected chi connectivity index (χ2v) is 8.33. The van der Waals surface area contributed by atoms with Gasteiger partial charge in [0, 0.05) is 17.4 Å². The van der Waals surface area contributed by atoms with Gasteiger partial charge in [-0.05, 0) is 76.4 Å². The SMILES string of the molecule is O=C(CCCNC(=O)c1ccccc1Br)N/N=C/c1ccc(OC(=O)c2ccccc2Cl)cc1. The zero-order valence-electron chi connectivity index (χ0n) is 18.0. The van der Waals surface area contributed by atoms with E-state index < -0.39 is 5.97 Å². The summed E-state index contributed by atoms with van der Waals surface area (Å²) in [6.45, 7) is 0.367. The molecule has 0 spiro atoms. The molecule has 0 aromatic heterocycles. The van der Waals surface area contributed by atoms with Crippen LogP contribution >= 0.6 is 27.5 Å². The Labute approximate surface area is 210 Å². The van der Waals surface area contributed by atoms with Crippen LogP contribution in [0.25, 0.3) is 0 Å². The molecule has 0 aliphatic rings. The molecule has 0 aliphatic carbocycles. The van der Waals surface area contributed by atoms with Gasteiger partial charge in [0.25, 0.3) is 5.91 Å². The molecule has 174 valence electrons. The van der Waals surface area contributed by atoms with Gasteiger partial charge in [-0.2, -0.15) is 5.10 Å². The van der Waals surface area contributed by atoms with Crippen LogP contribution in [0.15, 0.2) is 82.4 Å². The summed E-state index contributed by atoms with van der Waals surface area (Å²) in [5, 5.41) is 7.02. The smallest absolute Gasteiger partial charge is 0.345 e. The first kappa shape index (κ1) is 25.1. The highest BCUT2D eigenvalue weighted by atomic mass is 79.9. The third kappa shape index (κ3) is 7.54. The fourth-order valence-electron chi connectivity index (χ4n) is 2.84. The molecule has 9 heteroatoms. The fourth-order valence-corrected chi connectivity index (χ4v) is 3.51. The lowest BCUT2D eigenvalue weighted by atomic mass is 10.2. The summed E-state index contributed by atoms with van der Waals surface area (Å²) in [5.41, 5.74) is 3.98. The second kappa shape index (κ2) is 12.7. The van der Waals surface area contributed by atoms with Crippen molar-refractivity contribution in [1.82, 2.24) is 10.7 Å². The maximum Gasteiger partial charge on any atom is 0.345 e. The van der Waals surface area contributed by atoms with Crippen LogP contribution in [-0.2, 0) is 4.79 Å². The summed E-state index contributed by atoms with van der Waals surface area (Å²) >= 11 is 9.34. The number of carbonyl (C=O) groups is 3. The zero-order chi connectivity index (χ0) is 24.3. The van der Waals surface area contributed by atoms with E-state index >= 15 is 0 Å². The molecule has 0 unspecified atom stereocenters. The molecule has 0 aliphatic heterocycles. The summed E-state index contributed by atoms with van der Waals surface area (Å²) in [6, 6.07) is 20.4. The summed E-state index contributed by atoms with van der Waals surface area (Å²) in [5.74, 6) is -0.661. The number of nitrogens with one attached hydrogen (secondary N) is 2. The minimum absolute atomic E-state index is 0.202. The van der Waals surface area contributed by atoms with Crippen molar-refractivity contribution in [2.75, 3.05) is 6.54 Å². The summed E-state index contributed by atoms with van der Waals surface area (Å²) in [6.07, 6.45) is 2.17. The Hall–Kier alpha value is -3.49. The Morgan fingerprint density at radius 1 is 0.941 bits per heavy atom. The van der Waals surface area contributed by atoms with Gasteiger partial charge in [-0.25, -0.2) is 10.2 Å². The molecule has 2 N–H and O–H groups in total. The number of hydrogen-bond acceptors (Lipinski definition) is 5. The van der Waals surface area contributed by atoms with Gasteiger partial charge in [0.1, 0.15) is 5.75 Å². The fraction of sp³-hybridized carbons (Fsp3) is 0.120. The van der Waals surface area contributed by atoms with Gasteiger partial charge in [-0.1, -0.05) is 35.9 Å². The Morgan fingerprint density at radius 3 is 2.32 bits per heavy atom. The maximum absolute atomic E-state index is 12.2. The van der Waals surface area contributed by atoms with E-state index in [9.17, 15) is 14.4 Å². The highest BCUT2D eigenvalue weighted by molar-refractivity contribution is 9.10. The van der Waals surface area contributed by atoms with E-state index in [-0.39, 0.29) is 23.8 Å². The van der Waals surface area contributed by atoms with E-state index in [0.29, 0.717) is 39.3 Å². The summed E-state index contributed by atoms with van der Waals surface area (Å²) in [4.78, 5) is 36.2. The molecule has 34 heavy (non-hydrogen) atoms. The van der Waals surface area contributed by atoms with Gasteiger partial charge in [-0.3, -0.25) is 9.59 Å². The predicted octanol–water partition coefficient (Wildman–Crippen LogP) is 4.98. The normalized spacial score (nSPS) is 10.6. The molecule has 0 heterocycles. The second-order valence-electron chi connectivity index (χ2n) is 7.07. The van der Waals surface area contributed by atoms with E-state index in [1.165, 1.54) is 6.21 Å². The number of rotatable bonds is 9. The monoisotopic (exact) mass is 541 g/mol. The number of ether oxygens (including phenoxy) is 1. The minimum Gasteiger partial charge on any atom is -0.423 e. The number of amides is 2. The number of halogens is 2. The van der Waals surface area contributed by atoms with Crippen molar-refractivity contribution in [3.05, 3.63) is 99.0 Å². The highest BCUT2D eigenvalue weighted by Gasteiger charge is 2.12. The first-order valence-electron chi connectivity index (χ1n) is 10.4. The molecule has 0 atom stereocenters. The zero-order valence-corrected chi connectivity index (χ0v) is 20.3. The quantitative estimate of drug-likeness (QED) is 0.131. The number of nitrogens with zero attached hydrogens (tertiary/aromatic N) is 1. The molecule has 7 nitrogen and oxygen atoms in total. The molecule has 0 bridgehead atoms. The van der Waals surface area contributed by atoms with Gasteiger partial charge in [0.15, 0.2) is 0 Å². The Balaban J connectivity index is 1.38. The number of hydrazone groups is 1. The lowest BCUT2D eigenvalue weighted by Crippen LogP contribution is -2.26. The van der Waals surface area contributed by atoms with E-state index in [4.69, 9.17) is 16.3 Å². The standard InChI is InChI=1S/C25H21BrClN3O4/c26-21-8-3-1-6-19(21)24(32)28-15-5-10-23(31)30-29-16-17-11-13-18(14-12-17)34-25(33)20-7-2-4-9-22(20)27/h1-4,6-9,11-14,16H,5,10,15H2,(H,28,32)(H,30,31)/b29-16+. The van der Waals surface area contributed by atoms with Gasteiger partial charge >= 0.3 is 5.97 Å². The van der Waals surface area contributed by atoms with Crippen molar-refractivity contribution < 1.29 is 19.1 Å². The molecule has 0 radical (unpaired) electrons. The molecular weight excluding hydrogens is 522 g/mol. The van der Waals surface area contributed by atoms with E-state index in [1.54, 1.807) is 66.7 Å². The Bertz CT molecular complexity index is 1200. The average Bonchev–Trinajstić information content (AvgIpc) is 2.83.